The van der Waals surface area contributed by atoms with Crippen molar-refractivity contribution in [3.63, 3.8) is 0 Å². The van der Waals surface area contributed by atoms with Crippen molar-refractivity contribution in [3.8, 4) is 11.5 Å². The summed E-state index contributed by atoms with van der Waals surface area (Å²) in [5.74, 6) is 1.08. The average Bonchev–Trinajstić information content (AvgIpc) is 2.83. The van der Waals surface area contributed by atoms with Gasteiger partial charge in [0.25, 0.3) is 0 Å². The average molecular weight is 457 g/mol. The lowest BCUT2D eigenvalue weighted by atomic mass is 9.95. The van der Waals surface area contributed by atoms with E-state index < -0.39 is 0 Å². The van der Waals surface area contributed by atoms with Gasteiger partial charge < -0.3 is 10.2 Å². The minimum atomic E-state index is 0.241. The molecular formula is C30H36N2O2. The van der Waals surface area contributed by atoms with Crippen LogP contribution < -0.4 is 0 Å². The second-order valence-electron chi connectivity index (χ2n) is 9.30. The number of aromatic hydroxyl groups is 2. The topological polar surface area (TPSA) is 65.2 Å². The van der Waals surface area contributed by atoms with Crippen molar-refractivity contribution in [2.75, 3.05) is 0 Å². The Morgan fingerprint density at radius 2 is 1.00 bits per heavy atom. The van der Waals surface area contributed by atoms with Crippen LogP contribution in [0.2, 0.25) is 0 Å². The number of hydrogen-bond donors (Lipinski definition) is 2. The lowest BCUT2D eigenvalue weighted by Crippen LogP contribution is -1.96. The highest BCUT2D eigenvalue weighted by Gasteiger charge is 2.12. The Kier molecular flexibility index (Phi) is 8.27. The molecule has 0 spiro atoms. The van der Waals surface area contributed by atoms with Crippen LogP contribution in [0.1, 0.15) is 86.8 Å². The number of aliphatic imine (C=N–C) groups is 2. The SMILES string of the molecule is CCc1cc(C=Nc2ccc(N=Cc3cc(CC)cc(C(C)C)c3O)cc2)c(O)c(C(C)C)c1. The summed E-state index contributed by atoms with van der Waals surface area (Å²) in [5, 5.41) is 21.3. The predicted octanol–water partition coefficient (Wildman–Crippen LogP) is 7.97. The van der Waals surface area contributed by atoms with E-state index in [0.29, 0.717) is 11.5 Å². The molecule has 0 aliphatic carbocycles. The maximum Gasteiger partial charge on any atom is 0.127 e. The maximum atomic E-state index is 10.7. The highest BCUT2D eigenvalue weighted by atomic mass is 16.3. The van der Waals surface area contributed by atoms with Crippen LogP contribution in [0.25, 0.3) is 0 Å². The predicted molar refractivity (Wildman–Crippen MR) is 144 cm³/mol. The molecule has 178 valence electrons. The Morgan fingerprint density at radius 3 is 1.29 bits per heavy atom. The molecule has 0 aliphatic rings. The summed E-state index contributed by atoms with van der Waals surface area (Å²) in [6.07, 6.45) is 5.26. The highest BCUT2D eigenvalue weighted by Crippen LogP contribution is 2.32. The summed E-state index contributed by atoms with van der Waals surface area (Å²) in [6.45, 7) is 12.5. The van der Waals surface area contributed by atoms with Crippen molar-refractivity contribution in [1.29, 1.82) is 0 Å². The molecule has 0 saturated carbocycles. The molecule has 0 radical (unpaired) electrons. The van der Waals surface area contributed by atoms with E-state index in [2.05, 4.69) is 63.7 Å². The zero-order valence-electron chi connectivity index (χ0n) is 21.1. The molecule has 34 heavy (non-hydrogen) atoms. The van der Waals surface area contributed by atoms with E-state index in [0.717, 1.165) is 46.5 Å². The molecule has 2 N–H and O–H groups in total. The molecule has 0 atom stereocenters. The van der Waals surface area contributed by atoms with E-state index in [-0.39, 0.29) is 11.8 Å². The fourth-order valence-corrected chi connectivity index (χ4v) is 3.89. The van der Waals surface area contributed by atoms with Gasteiger partial charge in [-0.3, -0.25) is 9.98 Å². The van der Waals surface area contributed by atoms with Gasteiger partial charge in [0.1, 0.15) is 11.5 Å². The van der Waals surface area contributed by atoms with E-state index >= 15 is 0 Å². The molecule has 0 aromatic heterocycles. The summed E-state index contributed by atoms with van der Waals surface area (Å²) < 4.78 is 0. The smallest absolute Gasteiger partial charge is 0.127 e. The van der Waals surface area contributed by atoms with Crippen LogP contribution in [-0.2, 0) is 12.8 Å². The lowest BCUT2D eigenvalue weighted by molar-refractivity contribution is 0.463. The second-order valence-corrected chi connectivity index (χ2v) is 9.30. The first-order valence-corrected chi connectivity index (χ1v) is 12.1. The molecule has 3 aromatic carbocycles. The molecule has 0 aliphatic heterocycles. The fourth-order valence-electron chi connectivity index (χ4n) is 3.89. The largest absolute Gasteiger partial charge is 0.507 e. The third kappa shape index (κ3) is 5.93. The van der Waals surface area contributed by atoms with Crippen LogP contribution in [0.5, 0.6) is 11.5 Å². The molecule has 4 heteroatoms. The normalized spacial score (nSPS) is 12.0. The molecular weight excluding hydrogens is 420 g/mol. The van der Waals surface area contributed by atoms with Gasteiger partial charge in [-0.05, 0) is 83.3 Å². The van der Waals surface area contributed by atoms with E-state index in [1.165, 1.54) is 11.1 Å². The summed E-state index contributed by atoms with van der Waals surface area (Å²) in [4.78, 5) is 9.13. The number of benzene rings is 3. The molecule has 0 amide bonds. The van der Waals surface area contributed by atoms with Gasteiger partial charge >= 0.3 is 0 Å². The highest BCUT2D eigenvalue weighted by molar-refractivity contribution is 5.87. The molecule has 0 saturated heterocycles. The number of aryl methyl sites for hydroxylation is 2. The summed E-state index contributed by atoms with van der Waals surface area (Å²) in [5.41, 5.74) is 7.29. The quantitative estimate of drug-likeness (QED) is 0.338. The van der Waals surface area contributed by atoms with Crippen LogP contribution >= 0.6 is 0 Å². The minimum absolute atomic E-state index is 0.241. The minimum Gasteiger partial charge on any atom is -0.507 e. The van der Waals surface area contributed by atoms with E-state index in [1.807, 2.05) is 36.4 Å². The maximum absolute atomic E-state index is 10.7. The Morgan fingerprint density at radius 1 is 0.647 bits per heavy atom. The van der Waals surface area contributed by atoms with Crippen molar-refractivity contribution in [2.24, 2.45) is 9.98 Å². The number of phenols is 2. The molecule has 0 unspecified atom stereocenters. The van der Waals surface area contributed by atoms with Gasteiger partial charge in [0, 0.05) is 23.6 Å². The van der Waals surface area contributed by atoms with E-state index in [1.54, 1.807) is 12.4 Å². The van der Waals surface area contributed by atoms with Crippen molar-refractivity contribution < 1.29 is 10.2 Å². The molecule has 4 nitrogen and oxygen atoms in total. The molecule has 3 rings (SSSR count). The number of hydrogen-bond acceptors (Lipinski definition) is 4. The molecule has 3 aromatic rings. The first-order chi connectivity index (χ1) is 16.2. The number of nitrogens with zero attached hydrogens (tertiary/aromatic N) is 2. The molecule has 0 fully saturated rings. The van der Waals surface area contributed by atoms with Crippen LogP contribution in [-0.4, -0.2) is 22.6 Å². The van der Waals surface area contributed by atoms with Crippen LogP contribution in [0.3, 0.4) is 0 Å². The van der Waals surface area contributed by atoms with E-state index in [9.17, 15) is 10.2 Å². The molecule has 0 heterocycles. The monoisotopic (exact) mass is 456 g/mol. The standard InChI is InChI=1S/C30H36N2O2/c1-7-21-13-23(29(33)27(15-21)19(3)4)17-31-25-9-11-26(12-10-25)32-18-24-14-22(8-2)16-28(20(5)6)30(24)34/h9-20,33-34H,7-8H2,1-6H3. The summed E-state index contributed by atoms with van der Waals surface area (Å²) >= 11 is 0. The van der Waals surface area contributed by atoms with Crippen molar-refractivity contribution in [2.45, 2.75) is 66.2 Å². The first-order valence-electron chi connectivity index (χ1n) is 12.1. The zero-order chi connectivity index (χ0) is 24.8. The Hall–Kier alpha value is -3.40. The second kappa shape index (κ2) is 11.1. The Balaban J connectivity index is 1.82. The Labute approximate surface area is 203 Å². The summed E-state index contributed by atoms with van der Waals surface area (Å²) in [6, 6.07) is 15.7. The van der Waals surface area contributed by atoms with Gasteiger partial charge in [-0.15, -0.1) is 0 Å². The molecule has 0 bridgehead atoms. The van der Waals surface area contributed by atoms with Gasteiger partial charge in [0.2, 0.25) is 0 Å². The third-order valence-corrected chi connectivity index (χ3v) is 6.07. The van der Waals surface area contributed by atoms with E-state index in [4.69, 9.17) is 0 Å². The van der Waals surface area contributed by atoms with Crippen molar-refractivity contribution >= 4 is 23.8 Å². The number of rotatable bonds is 8. The van der Waals surface area contributed by atoms with Crippen molar-refractivity contribution in [1.82, 2.24) is 0 Å². The lowest BCUT2D eigenvalue weighted by Gasteiger charge is -2.13. The Bertz CT molecular complexity index is 1090. The van der Waals surface area contributed by atoms with Gasteiger partial charge in [-0.1, -0.05) is 53.7 Å². The van der Waals surface area contributed by atoms with Gasteiger partial charge in [0.05, 0.1) is 11.4 Å². The van der Waals surface area contributed by atoms with Crippen LogP contribution in [0.4, 0.5) is 11.4 Å². The van der Waals surface area contributed by atoms with Gasteiger partial charge in [-0.2, -0.15) is 0 Å². The van der Waals surface area contributed by atoms with Gasteiger partial charge in [0.15, 0.2) is 0 Å². The third-order valence-electron chi connectivity index (χ3n) is 6.07. The van der Waals surface area contributed by atoms with Gasteiger partial charge in [-0.25, -0.2) is 0 Å². The summed E-state index contributed by atoms with van der Waals surface area (Å²) in [7, 11) is 0. The van der Waals surface area contributed by atoms with Crippen LogP contribution in [0, 0.1) is 0 Å². The van der Waals surface area contributed by atoms with Crippen molar-refractivity contribution in [3.05, 3.63) is 81.9 Å². The number of phenolic OH excluding ortho intramolecular Hbond substituents is 2. The first kappa shape index (κ1) is 25.2. The fraction of sp³-hybridized carbons (Fsp3) is 0.333. The van der Waals surface area contributed by atoms with Crippen LogP contribution in [0.15, 0.2) is 58.5 Å². The zero-order valence-corrected chi connectivity index (χ0v) is 21.1.